The Balaban J connectivity index is 2.42. The molecule has 0 radical (unpaired) electrons. The number of benzene rings is 1. The van der Waals surface area contributed by atoms with E-state index in [1.54, 1.807) is 24.4 Å². The van der Waals surface area contributed by atoms with Gasteiger partial charge in [-0.3, -0.25) is 9.78 Å². The van der Waals surface area contributed by atoms with E-state index < -0.39 is 0 Å². The second-order valence-corrected chi connectivity index (χ2v) is 3.35. The van der Waals surface area contributed by atoms with E-state index in [2.05, 4.69) is 4.98 Å². The van der Waals surface area contributed by atoms with Gasteiger partial charge in [-0.2, -0.15) is 0 Å². The van der Waals surface area contributed by atoms with E-state index in [-0.39, 0.29) is 17.1 Å². The summed E-state index contributed by atoms with van der Waals surface area (Å²) in [4.78, 5) is 15.8. The van der Waals surface area contributed by atoms with Crippen molar-refractivity contribution in [2.24, 2.45) is 0 Å². The predicted molar refractivity (Wildman–Crippen MR) is 60.2 cm³/mol. The second kappa shape index (κ2) is 4.02. The van der Waals surface area contributed by atoms with E-state index in [4.69, 9.17) is 5.73 Å². The van der Waals surface area contributed by atoms with E-state index in [1.807, 2.05) is 0 Å². The Bertz CT molecular complexity index is 524. The van der Waals surface area contributed by atoms with E-state index in [0.29, 0.717) is 11.3 Å². The molecule has 0 unspecified atom stereocenters. The van der Waals surface area contributed by atoms with Gasteiger partial charge in [-0.05, 0) is 24.3 Å². The van der Waals surface area contributed by atoms with Gasteiger partial charge < -0.3 is 10.8 Å². The van der Waals surface area contributed by atoms with Gasteiger partial charge >= 0.3 is 0 Å². The maximum absolute atomic E-state index is 11.9. The summed E-state index contributed by atoms with van der Waals surface area (Å²) in [5, 5.41) is 9.60. The second-order valence-electron chi connectivity index (χ2n) is 3.35. The number of hydrogen-bond acceptors (Lipinski definition) is 4. The summed E-state index contributed by atoms with van der Waals surface area (Å²) in [7, 11) is 0. The number of nitrogens with two attached hydrogens (primary N) is 1. The Morgan fingerprint density at radius 1 is 1.31 bits per heavy atom. The van der Waals surface area contributed by atoms with Crippen molar-refractivity contribution in [1.82, 2.24) is 4.98 Å². The smallest absolute Gasteiger partial charge is 0.198 e. The highest BCUT2D eigenvalue weighted by Crippen LogP contribution is 2.22. The number of nitrogens with zero attached hydrogens (tertiary/aromatic N) is 1. The molecule has 0 aliphatic carbocycles. The number of hydrogen-bond donors (Lipinski definition) is 2. The Morgan fingerprint density at radius 3 is 2.75 bits per heavy atom. The van der Waals surface area contributed by atoms with Gasteiger partial charge in [0.25, 0.3) is 0 Å². The Hall–Kier alpha value is -2.36. The molecule has 0 atom stereocenters. The summed E-state index contributed by atoms with van der Waals surface area (Å²) in [6.45, 7) is 0. The monoisotopic (exact) mass is 214 g/mol. The van der Waals surface area contributed by atoms with Crippen LogP contribution in [-0.4, -0.2) is 15.9 Å². The van der Waals surface area contributed by atoms with Crippen LogP contribution < -0.4 is 5.73 Å². The number of anilines is 1. The zero-order valence-corrected chi connectivity index (χ0v) is 8.42. The van der Waals surface area contributed by atoms with Crippen LogP contribution in [0.5, 0.6) is 5.75 Å². The molecule has 0 aliphatic rings. The molecule has 0 amide bonds. The average molecular weight is 214 g/mol. The molecule has 2 rings (SSSR count). The molecular weight excluding hydrogens is 204 g/mol. The van der Waals surface area contributed by atoms with Gasteiger partial charge in [0, 0.05) is 29.7 Å². The molecule has 0 bridgehead atoms. The van der Waals surface area contributed by atoms with Crippen molar-refractivity contribution in [1.29, 1.82) is 0 Å². The number of aromatic hydroxyl groups is 1. The molecule has 4 nitrogen and oxygen atoms in total. The number of phenolic OH excluding ortho intramolecular Hbond substituents is 1. The van der Waals surface area contributed by atoms with Crippen LogP contribution in [0.15, 0.2) is 42.7 Å². The number of carbonyl (C=O) groups excluding carboxylic acids is 1. The lowest BCUT2D eigenvalue weighted by Gasteiger charge is -2.04. The molecule has 0 fully saturated rings. The molecular formula is C12H10N2O2. The lowest BCUT2D eigenvalue weighted by atomic mass is 10.0. The molecule has 16 heavy (non-hydrogen) atoms. The topological polar surface area (TPSA) is 76.2 Å². The zero-order chi connectivity index (χ0) is 11.5. The van der Waals surface area contributed by atoms with Crippen molar-refractivity contribution in [2.75, 3.05) is 5.73 Å². The summed E-state index contributed by atoms with van der Waals surface area (Å²) in [5.41, 5.74) is 6.56. The summed E-state index contributed by atoms with van der Waals surface area (Å²) >= 11 is 0. The molecule has 3 N–H and O–H groups in total. The average Bonchev–Trinajstić information content (AvgIpc) is 2.29. The minimum absolute atomic E-state index is 0.117. The molecule has 2 aromatic rings. The van der Waals surface area contributed by atoms with Gasteiger partial charge in [-0.25, -0.2) is 0 Å². The number of carbonyl (C=O) groups is 1. The first kappa shape index (κ1) is 10.2. The first-order valence-corrected chi connectivity index (χ1v) is 4.71. The van der Waals surface area contributed by atoms with Gasteiger partial charge in [0.1, 0.15) is 5.75 Å². The molecule has 1 heterocycles. The highest BCUT2D eigenvalue weighted by atomic mass is 16.3. The van der Waals surface area contributed by atoms with E-state index in [9.17, 15) is 9.90 Å². The Kier molecular flexibility index (Phi) is 2.55. The molecule has 0 saturated heterocycles. The van der Waals surface area contributed by atoms with Crippen LogP contribution in [0, 0.1) is 0 Å². The molecule has 4 heteroatoms. The number of ketones is 1. The molecule has 1 aromatic heterocycles. The Labute approximate surface area is 92.4 Å². The number of pyridine rings is 1. The molecule has 0 aliphatic heterocycles. The lowest BCUT2D eigenvalue weighted by Crippen LogP contribution is -2.02. The van der Waals surface area contributed by atoms with Crippen LogP contribution >= 0.6 is 0 Å². The van der Waals surface area contributed by atoms with Crippen LogP contribution in [-0.2, 0) is 0 Å². The summed E-state index contributed by atoms with van der Waals surface area (Å²) in [5.74, 6) is -0.389. The van der Waals surface area contributed by atoms with Crippen molar-refractivity contribution in [2.45, 2.75) is 0 Å². The third-order valence-corrected chi connectivity index (χ3v) is 2.19. The first-order chi connectivity index (χ1) is 7.68. The largest absolute Gasteiger partial charge is 0.507 e. The van der Waals surface area contributed by atoms with Crippen LogP contribution in [0.25, 0.3) is 0 Å². The normalized spacial score (nSPS) is 10.0. The van der Waals surface area contributed by atoms with Gasteiger partial charge in [0.15, 0.2) is 5.78 Å². The molecule has 0 saturated carbocycles. The van der Waals surface area contributed by atoms with Crippen LogP contribution in [0.1, 0.15) is 15.9 Å². The van der Waals surface area contributed by atoms with Gasteiger partial charge in [-0.15, -0.1) is 0 Å². The summed E-state index contributed by atoms with van der Waals surface area (Å²) in [6.07, 6.45) is 3.04. The van der Waals surface area contributed by atoms with Crippen molar-refractivity contribution in [3.63, 3.8) is 0 Å². The number of aromatic nitrogens is 1. The molecule has 1 aromatic carbocycles. The van der Waals surface area contributed by atoms with Crippen molar-refractivity contribution >= 4 is 11.5 Å². The zero-order valence-electron chi connectivity index (χ0n) is 8.42. The van der Waals surface area contributed by atoms with Gasteiger partial charge in [0.2, 0.25) is 0 Å². The van der Waals surface area contributed by atoms with E-state index in [0.717, 1.165) is 0 Å². The standard InChI is InChI=1S/C12H10N2O2/c13-9-3-4-10(11(15)6-9)12(16)8-2-1-5-14-7-8/h1-7,15H,13H2. The van der Waals surface area contributed by atoms with Crippen molar-refractivity contribution in [3.05, 3.63) is 53.9 Å². The SMILES string of the molecule is Nc1ccc(C(=O)c2cccnc2)c(O)c1. The van der Waals surface area contributed by atoms with Crippen LogP contribution in [0.3, 0.4) is 0 Å². The highest BCUT2D eigenvalue weighted by Gasteiger charge is 2.13. The number of phenols is 1. The van der Waals surface area contributed by atoms with Gasteiger partial charge in [-0.1, -0.05) is 0 Å². The maximum atomic E-state index is 11.9. The van der Waals surface area contributed by atoms with E-state index >= 15 is 0 Å². The number of rotatable bonds is 2. The third-order valence-electron chi connectivity index (χ3n) is 2.19. The van der Waals surface area contributed by atoms with Crippen LogP contribution in [0.2, 0.25) is 0 Å². The predicted octanol–water partition coefficient (Wildman–Crippen LogP) is 1.60. The summed E-state index contributed by atoms with van der Waals surface area (Å²) in [6, 6.07) is 7.74. The van der Waals surface area contributed by atoms with Crippen molar-refractivity contribution in [3.8, 4) is 5.75 Å². The van der Waals surface area contributed by atoms with Crippen molar-refractivity contribution < 1.29 is 9.90 Å². The lowest BCUT2D eigenvalue weighted by molar-refractivity contribution is 0.103. The third kappa shape index (κ3) is 1.86. The molecule has 80 valence electrons. The quantitative estimate of drug-likeness (QED) is 0.588. The molecule has 0 spiro atoms. The minimum atomic E-state index is -0.273. The number of nitrogen functional groups attached to an aromatic ring is 1. The fraction of sp³-hybridized carbons (Fsp3) is 0. The fourth-order valence-electron chi connectivity index (χ4n) is 1.39. The first-order valence-electron chi connectivity index (χ1n) is 4.71. The highest BCUT2D eigenvalue weighted by molar-refractivity contribution is 6.10. The maximum Gasteiger partial charge on any atom is 0.198 e. The van der Waals surface area contributed by atoms with Gasteiger partial charge in [0.05, 0.1) is 5.56 Å². The minimum Gasteiger partial charge on any atom is -0.507 e. The fourth-order valence-corrected chi connectivity index (χ4v) is 1.39. The van der Waals surface area contributed by atoms with Crippen LogP contribution in [0.4, 0.5) is 5.69 Å². The summed E-state index contributed by atoms with van der Waals surface area (Å²) < 4.78 is 0. The van der Waals surface area contributed by atoms with E-state index in [1.165, 1.54) is 18.3 Å². The Morgan fingerprint density at radius 2 is 2.12 bits per heavy atom.